The molecule has 0 aliphatic carbocycles. The van der Waals surface area contributed by atoms with Crippen LogP contribution >= 0.6 is 27.7 Å². The predicted molar refractivity (Wildman–Crippen MR) is 98.0 cm³/mol. The summed E-state index contributed by atoms with van der Waals surface area (Å²) in [7, 11) is 0. The van der Waals surface area contributed by atoms with Gasteiger partial charge in [-0.25, -0.2) is 4.79 Å². The van der Waals surface area contributed by atoms with Gasteiger partial charge in [0.25, 0.3) is 0 Å². The number of hydrogen-bond acceptors (Lipinski definition) is 5. The molecule has 0 radical (unpaired) electrons. The van der Waals surface area contributed by atoms with Crippen molar-refractivity contribution < 1.29 is 9.53 Å². The van der Waals surface area contributed by atoms with E-state index in [2.05, 4.69) is 30.0 Å². The van der Waals surface area contributed by atoms with Crippen LogP contribution in [-0.4, -0.2) is 14.8 Å². The maximum atomic E-state index is 12.1. The third-order valence-electron chi connectivity index (χ3n) is 3.38. The normalized spacial score (nSPS) is 11.8. The highest BCUT2D eigenvalue weighted by molar-refractivity contribution is 9.10. The molecule has 122 valence electrons. The van der Waals surface area contributed by atoms with Crippen LogP contribution in [-0.2, 0) is 4.74 Å². The summed E-state index contributed by atoms with van der Waals surface area (Å²) in [6.45, 7) is 1.82. The van der Waals surface area contributed by atoms with Gasteiger partial charge in [-0.2, -0.15) is 8.75 Å². The summed E-state index contributed by atoms with van der Waals surface area (Å²) in [6.07, 6.45) is -0.911. The Kier molecular flexibility index (Phi) is 5.22. The highest BCUT2D eigenvalue weighted by atomic mass is 79.9. The fourth-order valence-electron chi connectivity index (χ4n) is 2.15. The van der Waals surface area contributed by atoms with Crippen LogP contribution in [0.3, 0.4) is 0 Å². The van der Waals surface area contributed by atoms with Crippen LogP contribution in [0.25, 0.3) is 11.3 Å². The van der Waals surface area contributed by atoms with E-state index in [1.54, 1.807) is 0 Å². The Bertz CT molecular complexity index is 821. The first kappa shape index (κ1) is 16.6. The highest BCUT2D eigenvalue weighted by Crippen LogP contribution is 2.27. The third-order valence-corrected chi connectivity index (χ3v) is 4.44. The Morgan fingerprint density at radius 1 is 1.12 bits per heavy atom. The van der Waals surface area contributed by atoms with Crippen molar-refractivity contribution in [2.45, 2.75) is 13.0 Å². The summed E-state index contributed by atoms with van der Waals surface area (Å²) in [6, 6.07) is 17.2. The zero-order valence-electron chi connectivity index (χ0n) is 12.8. The number of nitrogens with zero attached hydrogens (tertiary/aromatic N) is 2. The van der Waals surface area contributed by atoms with Crippen LogP contribution < -0.4 is 5.32 Å². The second kappa shape index (κ2) is 7.55. The zero-order chi connectivity index (χ0) is 16.9. The Morgan fingerprint density at radius 3 is 2.54 bits per heavy atom. The van der Waals surface area contributed by atoms with Gasteiger partial charge >= 0.3 is 6.09 Å². The first-order chi connectivity index (χ1) is 11.6. The van der Waals surface area contributed by atoms with Gasteiger partial charge in [-0.3, -0.25) is 5.32 Å². The summed E-state index contributed by atoms with van der Waals surface area (Å²) in [5, 5.41) is 2.67. The van der Waals surface area contributed by atoms with E-state index >= 15 is 0 Å². The van der Waals surface area contributed by atoms with Crippen molar-refractivity contribution in [3.63, 3.8) is 0 Å². The SMILES string of the molecule is CC(OC(=O)Nc1nsnc1-c1ccc(Br)cc1)c1ccccc1. The van der Waals surface area contributed by atoms with Crippen LogP contribution in [0.15, 0.2) is 59.1 Å². The number of aromatic nitrogens is 2. The van der Waals surface area contributed by atoms with Crippen molar-refractivity contribution in [1.82, 2.24) is 8.75 Å². The van der Waals surface area contributed by atoms with E-state index in [1.165, 1.54) is 0 Å². The number of hydrogen-bond donors (Lipinski definition) is 1. The van der Waals surface area contributed by atoms with Crippen molar-refractivity contribution >= 4 is 39.6 Å². The molecular weight excluding hydrogens is 390 g/mol. The van der Waals surface area contributed by atoms with E-state index in [1.807, 2.05) is 61.5 Å². The van der Waals surface area contributed by atoms with Gasteiger partial charge < -0.3 is 4.74 Å². The van der Waals surface area contributed by atoms with Crippen LogP contribution in [0.5, 0.6) is 0 Å². The quantitative estimate of drug-likeness (QED) is 0.643. The molecule has 0 spiro atoms. The minimum absolute atomic E-state index is 0.353. The molecule has 5 nitrogen and oxygen atoms in total. The largest absolute Gasteiger partial charge is 0.441 e. The molecule has 0 aliphatic heterocycles. The van der Waals surface area contributed by atoms with Gasteiger partial charge in [-0.15, -0.1) is 0 Å². The molecule has 0 saturated carbocycles. The fraction of sp³-hybridized carbons (Fsp3) is 0.118. The van der Waals surface area contributed by atoms with Crippen LogP contribution in [0, 0.1) is 0 Å². The number of halogens is 1. The van der Waals surface area contributed by atoms with Gasteiger partial charge in [0.05, 0.1) is 11.7 Å². The molecule has 1 aromatic heterocycles. The summed E-state index contributed by atoms with van der Waals surface area (Å²) in [5.74, 6) is 0.396. The highest BCUT2D eigenvalue weighted by Gasteiger charge is 2.16. The van der Waals surface area contributed by atoms with E-state index in [-0.39, 0.29) is 6.10 Å². The Labute approximate surface area is 152 Å². The molecule has 7 heteroatoms. The topological polar surface area (TPSA) is 64.1 Å². The van der Waals surface area contributed by atoms with Gasteiger partial charge in [0, 0.05) is 10.0 Å². The van der Waals surface area contributed by atoms with Crippen molar-refractivity contribution in [1.29, 1.82) is 0 Å². The smallest absolute Gasteiger partial charge is 0.413 e. The van der Waals surface area contributed by atoms with Crippen molar-refractivity contribution in [2.24, 2.45) is 0 Å². The molecule has 1 heterocycles. The first-order valence-electron chi connectivity index (χ1n) is 7.24. The Morgan fingerprint density at radius 2 is 1.83 bits per heavy atom. The van der Waals surface area contributed by atoms with Gasteiger partial charge in [-0.1, -0.05) is 58.4 Å². The lowest BCUT2D eigenvalue weighted by atomic mass is 10.1. The molecular formula is C17H14BrN3O2S. The molecule has 1 unspecified atom stereocenters. The fourth-order valence-corrected chi connectivity index (χ4v) is 2.94. The van der Waals surface area contributed by atoms with E-state index in [0.717, 1.165) is 27.3 Å². The second-order valence-electron chi connectivity index (χ2n) is 5.05. The zero-order valence-corrected chi connectivity index (χ0v) is 15.2. The molecule has 1 amide bonds. The maximum absolute atomic E-state index is 12.1. The molecule has 24 heavy (non-hydrogen) atoms. The summed E-state index contributed by atoms with van der Waals surface area (Å²) < 4.78 is 14.8. The van der Waals surface area contributed by atoms with E-state index in [4.69, 9.17) is 4.74 Å². The number of rotatable bonds is 4. The average Bonchev–Trinajstić information content (AvgIpc) is 3.04. The lowest BCUT2D eigenvalue weighted by Crippen LogP contribution is -2.16. The Hall–Kier alpha value is -2.25. The number of carbonyl (C=O) groups is 1. The third kappa shape index (κ3) is 3.98. The Balaban J connectivity index is 1.69. The van der Waals surface area contributed by atoms with E-state index in [9.17, 15) is 4.79 Å². The number of amides is 1. The summed E-state index contributed by atoms with van der Waals surface area (Å²) in [4.78, 5) is 12.1. The molecule has 0 bridgehead atoms. The molecule has 1 N–H and O–H groups in total. The molecule has 0 aliphatic rings. The molecule has 3 aromatic rings. The monoisotopic (exact) mass is 403 g/mol. The van der Waals surface area contributed by atoms with Gasteiger partial charge in [0.2, 0.25) is 0 Å². The standard InChI is InChI=1S/C17H14BrN3O2S/c1-11(12-5-3-2-4-6-12)23-17(22)19-16-15(20-24-21-16)13-7-9-14(18)10-8-13/h2-11H,1H3,(H,19,21,22). The van der Waals surface area contributed by atoms with E-state index < -0.39 is 6.09 Å². The minimum Gasteiger partial charge on any atom is -0.441 e. The average molecular weight is 404 g/mol. The maximum Gasteiger partial charge on any atom is 0.413 e. The summed E-state index contributed by atoms with van der Waals surface area (Å²) in [5.41, 5.74) is 2.42. The summed E-state index contributed by atoms with van der Waals surface area (Å²) >= 11 is 4.43. The number of anilines is 1. The molecule has 2 aromatic carbocycles. The van der Waals surface area contributed by atoms with Crippen molar-refractivity contribution in [3.05, 3.63) is 64.6 Å². The first-order valence-corrected chi connectivity index (χ1v) is 8.77. The van der Waals surface area contributed by atoms with Gasteiger partial charge in [0.1, 0.15) is 11.8 Å². The van der Waals surface area contributed by atoms with Crippen LogP contribution in [0.1, 0.15) is 18.6 Å². The predicted octanol–water partition coefficient (Wildman–Crippen LogP) is 5.28. The van der Waals surface area contributed by atoms with Crippen LogP contribution in [0.4, 0.5) is 10.6 Å². The molecule has 0 saturated heterocycles. The number of carbonyl (C=O) groups excluding carboxylic acids is 1. The van der Waals surface area contributed by atoms with E-state index in [0.29, 0.717) is 11.5 Å². The van der Waals surface area contributed by atoms with Crippen molar-refractivity contribution in [3.8, 4) is 11.3 Å². The van der Waals surface area contributed by atoms with Crippen LogP contribution in [0.2, 0.25) is 0 Å². The van der Waals surface area contributed by atoms with Gasteiger partial charge in [0.15, 0.2) is 5.82 Å². The molecule has 0 fully saturated rings. The van der Waals surface area contributed by atoms with Gasteiger partial charge in [-0.05, 0) is 24.6 Å². The lowest BCUT2D eigenvalue weighted by molar-refractivity contribution is 0.121. The second-order valence-corrected chi connectivity index (χ2v) is 6.50. The molecule has 1 atom stereocenters. The number of ether oxygens (including phenoxy) is 1. The lowest BCUT2D eigenvalue weighted by Gasteiger charge is -2.13. The number of nitrogens with one attached hydrogen (secondary N) is 1. The number of benzene rings is 2. The molecule has 3 rings (SSSR count). The minimum atomic E-state index is -0.558. The van der Waals surface area contributed by atoms with Crippen molar-refractivity contribution in [2.75, 3.05) is 5.32 Å².